The zero-order chi connectivity index (χ0) is 11.0. The molecule has 0 unspecified atom stereocenters. The summed E-state index contributed by atoms with van der Waals surface area (Å²) in [5.41, 5.74) is 1.85. The van der Waals surface area contributed by atoms with Crippen molar-refractivity contribution in [2.24, 2.45) is 0 Å². The third kappa shape index (κ3) is 2.25. The Morgan fingerprint density at radius 3 is 2.53 bits per heavy atom. The molecule has 78 valence electrons. The van der Waals surface area contributed by atoms with Crippen LogP contribution in [0.15, 0.2) is 25.1 Å². The maximum Gasteiger partial charge on any atom is 0.204 e. The minimum Gasteiger partial charge on any atom is -0.288 e. The summed E-state index contributed by atoms with van der Waals surface area (Å²) in [6.45, 7) is 1.96. The molecular formula is C10H6Br2OS2. The Bertz CT molecular complexity index is 494. The lowest BCUT2D eigenvalue weighted by molar-refractivity contribution is 0.104. The Morgan fingerprint density at radius 2 is 2.07 bits per heavy atom. The summed E-state index contributed by atoms with van der Waals surface area (Å²) in [4.78, 5) is 12.8. The third-order valence-corrected chi connectivity index (χ3v) is 6.09. The van der Waals surface area contributed by atoms with Gasteiger partial charge in [-0.15, -0.1) is 11.3 Å². The van der Waals surface area contributed by atoms with E-state index in [0.29, 0.717) is 0 Å². The topological polar surface area (TPSA) is 17.1 Å². The van der Waals surface area contributed by atoms with Crippen LogP contribution in [-0.2, 0) is 0 Å². The van der Waals surface area contributed by atoms with Gasteiger partial charge in [0.2, 0.25) is 5.78 Å². The average Bonchev–Trinajstić information content (AvgIpc) is 2.74. The van der Waals surface area contributed by atoms with Crippen LogP contribution in [0.1, 0.15) is 20.8 Å². The normalized spacial score (nSPS) is 10.6. The molecule has 2 heterocycles. The highest BCUT2D eigenvalue weighted by Crippen LogP contribution is 2.34. The number of carbonyl (C=O) groups excluding carboxylic acids is 1. The zero-order valence-corrected chi connectivity index (χ0v) is 12.5. The second-order valence-electron chi connectivity index (χ2n) is 3.03. The Morgan fingerprint density at radius 1 is 1.33 bits per heavy atom. The maximum atomic E-state index is 12.1. The Kier molecular flexibility index (Phi) is 3.45. The van der Waals surface area contributed by atoms with Gasteiger partial charge in [-0.1, -0.05) is 0 Å². The summed E-state index contributed by atoms with van der Waals surface area (Å²) in [7, 11) is 0. The molecular weight excluding hydrogens is 360 g/mol. The molecule has 2 rings (SSSR count). The van der Waals surface area contributed by atoms with Crippen molar-refractivity contribution in [1.82, 2.24) is 0 Å². The van der Waals surface area contributed by atoms with E-state index < -0.39 is 0 Å². The van der Waals surface area contributed by atoms with Gasteiger partial charge >= 0.3 is 0 Å². The molecule has 0 spiro atoms. The highest BCUT2D eigenvalue weighted by atomic mass is 79.9. The summed E-state index contributed by atoms with van der Waals surface area (Å²) in [6.07, 6.45) is 0. The van der Waals surface area contributed by atoms with E-state index in [1.807, 2.05) is 23.8 Å². The Hall–Kier alpha value is 0.0300. The van der Waals surface area contributed by atoms with Crippen molar-refractivity contribution in [3.8, 4) is 0 Å². The van der Waals surface area contributed by atoms with Crippen LogP contribution < -0.4 is 0 Å². The maximum absolute atomic E-state index is 12.1. The first-order chi connectivity index (χ1) is 7.09. The Balaban J connectivity index is 2.41. The second-order valence-corrected chi connectivity index (χ2v) is 7.00. The van der Waals surface area contributed by atoms with Crippen LogP contribution in [0, 0.1) is 6.92 Å². The van der Waals surface area contributed by atoms with Gasteiger partial charge in [0, 0.05) is 15.4 Å². The summed E-state index contributed by atoms with van der Waals surface area (Å²) >= 11 is 9.78. The molecule has 0 amide bonds. The predicted octanol–water partition coefficient (Wildman–Crippen LogP) is 4.87. The summed E-state index contributed by atoms with van der Waals surface area (Å²) in [5, 5.41) is 3.89. The van der Waals surface area contributed by atoms with Crippen LogP contribution in [0.5, 0.6) is 0 Å². The first-order valence-electron chi connectivity index (χ1n) is 4.12. The molecule has 0 saturated heterocycles. The second kappa shape index (κ2) is 4.49. The van der Waals surface area contributed by atoms with Gasteiger partial charge in [-0.3, -0.25) is 4.79 Å². The number of rotatable bonds is 2. The van der Waals surface area contributed by atoms with E-state index in [-0.39, 0.29) is 5.78 Å². The number of hydrogen-bond acceptors (Lipinski definition) is 3. The van der Waals surface area contributed by atoms with E-state index in [2.05, 4.69) is 31.9 Å². The van der Waals surface area contributed by atoms with E-state index in [1.54, 1.807) is 11.3 Å². The fourth-order valence-corrected chi connectivity index (χ4v) is 4.00. The van der Waals surface area contributed by atoms with Crippen molar-refractivity contribution in [2.75, 3.05) is 0 Å². The van der Waals surface area contributed by atoms with Crippen LogP contribution in [-0.4, -0.2) is 5.78 Å². The van der Waals surface area contributed by atoms with Crippen molar-refractivity contribution in [1.29, 1.82) is 0 Å². The summed E-state index contributed by atoms with van der Waals surface area (Å²) in [6, 6.07) is 1.86. The van der Waals surface area contributed by atoms with Crippen molar-refractivity contribution < 1.29 is 4.79 Å². The number of thiophene rings is 2. The van der Waals surface area contributed by atoms with Crippen molar-refractivity contribution in [3.05, 3.63) is 41.1 Å². The lowest BCUT2D eigenvalue weighted by Gasteiger charge is -1.94. The molecule has 2 aromatic rings. The van der Waals surface area contributed by atoms with Gasteiger partial charge in [0.1, 0.15) is 0 Å². The minimum absolute atomic E-state index is 0.102. The van der Waals surface area contributed by atoms with Crippen LogP contribution in [0.3, 0.4) is 0 Å². The molecule has 15 heavy (non-hydrogen) atoms. The Labute approximate surface area is 112 Å². The van der Waals surface area contributed by atoms with Gasteiger partial charge in [0.15, 0.2) is 0 Å². The van der Waals surface area contributed by atoms with E-state index in [4.69, 9.17) is 0 Å². The van der Waals surface area contributed by atoms with Crippen LogP contribution >= 0.6 is 54.5 Å². The van der Waals surface area contributed by atoms with Crippen molar-refractivity contribution >= 4 is 60.3 Å². The number of ketones is 1. The van der Waals surface area contributed by atoms with Crippen LogP contribution in [0.4, 0.5) is 0 Å². The van der Waals surface area contributed by atoms with Gasteiger partial charge in [0.05, 0.1) is 8.66 Å². The van der Waals surface area contributed by atoms with E-state index in [0.717, 1.165) is 24.3 Å². The summed E-state index contributed by atoms with van der Waals surface area (Å²) in [5.74, 6) is 0.102. The molecule has 0 fully saturated rings. The quantitative estimate of drug-likeness (QED) is 0.693. The fraction of sp³-hybridized carbons (Fsp3) is 0.100. The monoisotopic (exact) mass is 364 g/mol. The lowest BCUT2D eigenvalue weighted by Crippen LogP contribution is -1.97. The molecule has 0 saturated carbocycles. The largest absolute Gasteiger partial charge is 0.288 e. The highest BCUT2D eigenvalue weighted by molar-refractivity contribution is 9.13. The van der Waals surface area contributed by atoms with Gasteiger partial charge < -0.3 is 0 Å². The molecule has 0 aliphatic rings. The fourth-order valence-electron chi connectivity index (χ4n) is 1.18. The minimum atomic E-state index is 0.102. The lowest BCUT2D eigenvalue weighted by atomic mass is 10.1. The molecule has 0 aliphatic carbocycles. The van der Waals surface area contributed by atoms with E-state index >= 15 is 0 Å². The number of aryl methyl sites for hydroxylation is 1. The third-order valence-electron chi connectivity index (χ3n) is 1.97. The van der Waals surface area contributed by atoms with Crippen LogP contribution in [0.2, 0.25) is 0 Å². The molecule has 0 aromatic carbocycles. The molecule has 0 aliphatic heterocycles. The molecule has 5 heteroatoms. The van der Waals surface area contributed by atoms with Gasteiger partial charge in [-0.05, 0) is 55.8 Å². The first-order valence-corrected chi connectivity index (χ1v) is 7.46. The highest BCUT2D eigenvalue weighted by Gasteiger charge is 2.16. The standard InChI is InChI=1S/C10H6Br2OS2/c1-5-3-14-4-6(5)9(13)8-2-7(11)10(12)15-8/h2-4H,1H3. The number of halogens is 2. The van der Waals surface area contributed by atoms with Crippen molar-refractivity contribution in [3.63, 3.8) is 0 Å². The average molecular weight is 366 g/mol. The molecule has 0 atom stereocenters. The van der Waals surface area contributed by atoms with E-state index in [9.17, 15) is 4.79 Å². The molecule has 0 bridgehead atoms. The molecule has 0 radical (unpaired) electrons. The van der Waals surface area contributed by atoms with Crippen molar-refractivity contribution in [2.45, 2.75) is 6.92 Å². The molecule has 2 aromatic heterocycles. The predicted molar refractivity (Wildman–Crippen MR) is 72.2 cm³/mol. The van der Waals surface area contributed by atoms with Gasteiger partial charge in [-0.2, -0.15) is 11.3 Å². The smallest absolute Gasteiger partial charge is 0.204 e. The SMILES string of the molecule is Cc1cscc1C(=O)c1cc(Br)c(Br)s1. The molecule has 1 nitrogen and oxygen atoms in total. The number of hydrogen-bond donors (Lipinski definition) is 0. The van der Waals surface area contributed by atoms with Gasteiger partial charge in [0.25, 0.3) is 0 Å². The number of carbonyl (C=O) groups is 1. The summed E-state index contributed by atoms with van der Waals surface area (Å²) < 4.78 is 1.89. The first kappa shape index (κ1) is 11.5. The van der Waals surface area contributed by atoms with Gasteiger partial charge in [-0.25, -0.2) is 0 Å². The van der Waals surface area contributed by atoms with E-state index in [1.165, 1.54) is 11.3 Å². The van der Waals surface area contributed by atoms with Crippen LogP contribution in [0.25, 0.3) is 0 Å². The molecule has 0 N–H and O–H groups in total. The zero-order valence-electron chi connectivity index (χ0n) is 7.71.